The summed E-state index contributed by atoms with van der Waals surface area (Å²) in [7, 11) is 1.98. The molecule has 0 saturated heterocycles. The van der Waals surface area contributed by atoms with Crippen LogP contribution in [0.5, 0.6) is 0 Å². The molecule has 0 fully saturated rings. The van der Waals surface area contributed by atoms with Gasteiger partial charge in [-0.1, -0.05) is 18.2 Å². The quantitative estimate of drug-likeness (QED) is 0.852. The highest BCUT2D eigenvalue weighted by Crippen LogP contribution is 2.20. The molecule has 0 radical (unpaired) electrons. The zero-order valence-electron chi connectivity index (χ0n) is 10.5. The van der Waals surface area contributed by atoms with Crippen LogP contribution in [0.1, 0.15) is 12.5 Å². The fourth-order valence-corrected chi connectivity index (χ4v) is 1.97. The van der Waals surface area contributed by atoms with Crippen LogP contribution in [-0.2, 0) is 13.0 Å². The van der Waals surface area contributed by atoms with Gasteiger partial charge in [0.15, 0.2) is 0 Å². The molecule has 17 heavy (non-hydrogen) atoms. The Hall–Kier alpha value is -1.61. The van der Waals surface area contributed by atoms with Gasteiger partial charge in [-0.15, -0.1) is 0 Å². The van der Waals surface area contributed by atoms with Crippen LogP contribution >= 0.6 is 0 Å². The van der Waals surface area contributed by atoms with E-state index >= 15 is 0 Å². The number of aryl methyl sites for hydroxylation is 1. The Morgan fingerprint density at radius 2 is 2.24 bits per heavy atom. The van der Waals surface area contributed by atoms with Crippen molar-refractivity contribution in [3.8, 4) is 11.3 Å². The zero-order valence-corrected chi connectivity index (χ0v) is 10.5. The normalized spacial score (nSPS) is 10.7. The molecule has 0 bridgehead atoms. The van der Waals surface area contributed by atoms with E-state index in [1.165, 1.54) is 16.8 Å². The largest absolute Gasteiger partial charge is 0.331 e. The number of likely N-dealkylation sites (N-methyl/N-ethyl adjacent to an activating group) is 1. The second kappa shape index (κ2) is 5.64. The monoisotopic (exact) mass is 229 g/mol. The fourth-order valence-electron chi connectivity index (χ4n) is 1.97. The summed E-state index contributed by atoms with van der Waals surface area (Å²) in [6.45, 7) is 4.10. The first-order valence-electron chi connectivity index (χ1n) is 6.09. The Labute approximate surface area is 103 Å². The third-order valence-electron chi connectivity index (χ3n) is 2.94. The molecular formula is C14H19N3. The summed E-state index contributed by atoms with van der Waals surface area (Å²) in [4.78, 5) is 4.21. The average molecular weight is 229 g/mol. The van der Waals surface area contributed by atoms with Crippen molar-refractivity contribution in [2.75, 3.05) is 13.6 Å². The molecule has 3 heteroatoms. The van der Waals surface area contributed by atoms with Crippen LogP contribution in [-0.4, -0.2) is 23.1 Å². The minimum Gasteiger partial charge on any atom is -0.331 e. The Balaban J connectivity index is 2.26. The molecule has 0 aliphatic heterocycles. The molecule has 3 nitrogen and oxygen atoms in total. The van der Waals surface area contributed by atoms with Crippen LogP contribution in [0.25, 0.3) is 11.3 Å². The summed E-state index contributed by atoms with van der Waals surface area (Å²) < 4.78 is 2.16. The van der Waals surface area contributed by atoms with Crippen LogP contribution < -0.4 is 5.32 Å². The van der Waals surface area contributed by atoms with Gasteiger partial charge in [-0.3, -0.25) is 0 Å². The van der Waals surface area contributed by atoms with Gasteiger partial charge in [0, 0.05) is 12.1 Å². The number of nitrogens with zero attached hydrogens (tertiary/aromatic N) is 2. The summed E-state index contributed by atoms with van der Waals surface area (Å²) in [6, 6.07) is 8.69. The summed E-state index contributed by atoms with van der Waals surface area (Å²) in [6.07, 6.45) is 4.88. The maximum atomic E-state index is 4.21. The Morgan fingerprint density at radius 1 is 1.35 bits per heavy atom. The standard InChI is InChI=1S/C14H19N3/c1-3-17-11-16-10-14(17)13-6-4-5-12(9-13)7-8-15-2/h4-6,9-11,15H,3,7-8H2,1-2H3. The molecule has 0 unspecified atom stereocenters. The lowest BCUT2D eigenvalue weighted by Crippen LogP contribution is -2.10. The molecule has 1 N–H and O–H groups in total. The third kappa shape index (κ3) is 2.74. The van der Waals surface area contributed by atoms with Crippen molar-refractivity contribution >= 4 is 0 Å². The zero-order chi connectivity index (χ0) is 12.1. The van der Waals surface area contributed by atoms with Crippen LogP contribution in [0, 0.1) is 0 Å². The minimum absolute atomic E-state index is 0.954. The van der Waals surface area contributed by atoms with Crippen LogP contribution in [0.2, 0.25) is 0 Å². The molecule has 0 spiro atoms. The molecule has 1 aromatic heterocycles. The topological polar surface area (TPSA) is 29.9 Å². The first-order valence-corrected chi connectivity index (χ1v) is 6.09. The lowest BCUT2D eigenvalue weighted by atomic mass is 10.1. The van der Waals surface area contributed by atoms with E-state index in [0.717, 1.165) is 19.5 Å². The number of benzene rings is 1. The van der Waals surface area contributed by atoms with Crippen molar-refractivity contribution in [2.45, 2.75) is 19.9 Å². The average Bonchev–Trinajstić information content (AvgIpc) is 2.85. The van der Waals surface area contributed by atoms with Crippen LogP contribution in [0.4, 0.5) is 0 Å². The van der Waals surface area contributed by atoms with Gasteiger partial charge in [-0.05, 0) is 38.6 Å². The molecule has 0 amide bonds. The van der Waals surface area contributed by atoms with Gasteiger partial charge in [0.2, 0.25) is 0 Å². The lowest BCUT2D eigenvalue weighted by molar-refractivity contribution is 0.768. The number of imidazole rings is 1. The van der Waals surface area contributed by atoms with Crippen molar-refractivity contribution < 1.29 is 0 Å². The molecule has 0 aliphatic rings. The highest BCUT2D eigenvalue weighted by atomic mass is 15.0. The number of hydrogen-bond acceptors (Lipinski definition) is 2. The maximum Gasteiger partial charge on any atom is 0.0950 e. The first-order chi connectivity index (χ1) is 8.35. The van der Waals surface area contributed by atoms with E-state index in [4.69, 9.17) is 0 Å². The van der Waals surface area contributed by atoms with Gasteiger partial charge in [0.05, 0.1) is 18.2 Å². The van der Waals surface area contributed by atoms with E-state index in [-0.39, 0.29) is 0 Å². The van der Waals surface area contributed by atoms with E-state index in [1.807, 2.05) is 19.6 Å². The van der Waals surface area contributed by atoms with E-state index in [2.05, 4.69) is 46.1 Å². The lowest BCUT2D eigenvalue weighted by Gasteiger charge is -2.07. The molecular weight excluding hydrogens is 210 g/mol. The summed E-state index contributed by atoms with van der Waals surface area (Å²) in [5.41, 5.74) is 3.80. The van der Waals surface area contributed by atoms with Crippen molar-refractivity contribution in [1.82, 2.24) is 14.9 Å². The number of rotatable bonds is 5. The second-order valence-electron chi connectivity index (χ2n) is 4.12. The smallest absolute Gasteiger partial charge is 0.0950 e. The number of nitrogens with one attached hydrogen (secondary N) is 1. The van der Waals surface area contributed by atoms with Crippen molar-refractivity contribution in [3.63, 3.8) is 0 Å². The van der Waals surface area contributed by atoms with Gasteiger partial charge in [-0.2, -0.15) is 0 Å². The van der Waals surface area contributed by atoms with Crippen molar-refractivity contribution in [1.29, 1.82) is 0 Å². The summed E-state index contributed by atoms with van der Waals surface area (Å²) in [5, 5.41) is 3.18. The molecule has 0 atom stereocenters. The number of aromatic nitrogens is 2. The molecule has 0 aliphatic carbocycles. The van der Waals surface area contributed by atoms with Crippen LogP contribution in [0.3, 0.4) is 0 Å². The molecule has 2 aromatic rings. The molecule has 1 heterocycles. The predicted octanol–water partition coefficient (Wildman–Crippen LogP) is 2.33. The minimum atomic E-state index is 0.954. The Bertz CT molecular complexity index is 474. The van der Waals surface area contributed by atoms with Crippen LogP contribution in [0.15, 0.2) is 36.8 Å². The Kier molecular flexibility index (Phi) is 3.94. The van der Waals surface area contributed by atoms with E-state index in [9.17, 15) is 0 Å². The summed E-state index contributed by atoms with van der Waals surface area (Å²) in [5.74, 6) is 0. The Morgan fingerprint density at radius 3 is 3.00 bits per heavy atom. The van der Waals surface area contributed by atoms with Crippen molar-refractivity contribution in [2.24, 2.45) is 0 Å². The first kappa shape index (κ1) is 11.9. The van der Waals surface area contributed by atoms with E-state index in [0.29, 0.717) is 0 Å². The van der Waals surface area contributed by atoms with Gasteiger partial charge in [-0.25, -0.2) is 4.98 Å². The molecule has 0 saturated carbocycles. The highest BCUT2D eigenvalue weighted by molar-refractivity contribution is 5.59. The third-order valence-corrected chi connectivity index (χ3v) is 2.94. The van der Waals surface area contributed by atoms with Gasteiger partial charge < -0.3 is 9.88 Å². The summed E-state index contributed by atoms with van der Waals surface area (Å²) >= 11 is 0. The predicted molar refractivity (Wildman–Crippen MR) is 71.0 cm³/mol. The maximum absolute atomic E-state index is 4.21. The fraction of sp³-hybridized carbons (Fsp3) is 0.357. The molecule has 90 valence electrons. The highest BCUT2D eigenvalue weighted by Gasteiger charge is 2.04. The van der Waals surface area contributed by atoms with Crippen molar-refractivity contribution in [3.05, 3.63) is 42.4 Å². The van der Waals surface area contributed by atoms with Gasteiger partial charge in [0.25, 0.3) is 0 Å². The van der Waals surface area contributed by atoms with E-state index < -0.39 is 0 Å². The van der Waals surface area contributed by atoms with Gasteiger partial charge >= 0.3 is 0 Å². The van der Waals surface area contributed by atoms with Gasteiger partial charge in [0.1, 0.15) is 0 Å². The second-order valence-corrected chi connectivity index (χ2v) is 4.12. The van der Waals surface area contributed by atoms with E-state index in [1.54, 1.807) is 0 Å². The molecule has 1 aromatic carbocycles. The SMILES string of the molecule is CCn1cncc1-c1cccc(CCNC)c1. The number of hydrogen-bond donors (Lipinski definition) is 1. The molecule has 2 rings (SSSR count).